The van der Waals surface area contributed by atoms with E-state index in [1.807, 2.05) is 12.1 Å². The van der Waals surface area contributed by atoms with Gasteiger partial charge in [0, 0.05) is 11.1 Å². The number of hydrogen-bond acceptors (Lipinski definition) is 7. The van der Waals surface area contributed by atoms with Crippen LogP contribution in [-0.2, 0) is 21.0 Å². The summed E-state index contributed by atoms with van der Waals surface area (Å²) in [6.07, 6.45) is 0. The van der Waals surface area contributed by atoms with E-state index in [1.165, 1.54) is 0 Å². The SMILES string of the molecule is O=c1c([O-])c(-c2ccccc2)oc2ccccc12.O=c1c([O-])c(-c2ccccc2)oc2ccccc12.[O]=[V+2]. The van der Waals surface area contributed by atoms with E-state index < -0.39 is 22.4 Å². The van der Waals surface area contributed by atoms with Crippen molar-refractivity contribution in [1.82, 2.24) is 0 Å². The average molecular weight is 541 g/mol. The minimum atomic E-state index is -0.597. The standard InChI is InChI=1S/2C15H10O3.O.V/c2*16-13-11-8-4-5-9-12(11)18-15(14(13)17)10-6-2-1-3-7-10;;/h2*1-9,17H;;/q;;;+2/p-2. The molecule has 0 fully saturated rings. The Balaban J connectivity index is 0.000000166. The van der Waals surface area contributed by atoms with Gasteiger partial charge in [0.25, 0.3) is 0 Å². The topological polar surface area (TPSA) is 124 Å². The molecule has 0 saturated heterocycles. The Morgan fingerprint density at radius 1 is 0.474 bits per heavy atom. The molecule has 38 heavy (non-hydrogen) atoms. The van der Waals surface area contributed by atoms with E-state index in [2.05, 4.69) is 0 Å². The zero-order chi connectivity index (χ0) is 27.1. The summed E-state index contributed by atoms with van der Waals surface area (Å²) in [7, 11) is 0. The molecule has 6 aromatic rings. The molecular formula is C30H18O7V. The van der Waals surface area contributed by atoms with Crippen molar-refractivity contribution >= 4 is 21.9 Å². The first kappa shape index (κ1) is 26.4. The van der Waals surface area contributed by atoms with Crippen molar-refractivity contribution in [3.63, 3.8) is 0 Å². The monoisotopic (exact) mass is 541 g/mol. The molecule has 185 valence electrons. The molecule has 7 nitrogen and oxygen atoms in total. The molecule has 0 aliphatic rings. The van der Waals surface area contributed by atoms with Crippen molar-refractivity contribution in [2.45, 2.75) is 0 Å². The van der Waals surface area contributed by atoms with Gasteiger partial charge in [-0.2, -0.15) is 0 Å². The molecule has 6 rings (SSSR count). The average Bonchev–Trinajstić information content (AvgIpc) is 2.99. The van der Waals surface area contributed by atoms with Crippen LogP contribution in [0.25, 0.3) is 44.6 Å². The number of hydrogen-bond donors (Lipinski definition) is 0. The third-order valence-electron chi connectivity index (χ3n) is 5.58. The Kier molecular flexibility index (Phi) is 8.33. The molecule has 0 aliphatic carbocycles. The number of fused-ring (bicyclic) bond motifs is 2. The van der Waals surface area contributed by atoms with Gasteiger partial charge in [0.05, 0.1) is 10.8 Å². The second kappa shape index (κ2) is 12.0. The van der Waals surface area contributed by atoms with Crippen LogP contribution in [0.3, 0.4) is 0 Å². The molecule has 0 saturated carbocycles. The van der Waals surface area contributed by atoms with E-state index in [4.69, 9.17) is 12.5 Å². The second-order valence-electron chi connectivity index (χ2n) is 7.90. The maximum atomic E-state index is 12.0. The molecule has 0 atom stereocenters. The van der Waals surface area contributed by atoms with Gasteiger partial charge in [0.1, 0.15) is 22.7 Å². The molecule has 0 N–H and O–H groups in total. The van der Waals surface area contributed by atoms with Gasteiger partial charge in [0.2, 0.25) is 0 Å². The molecule has 8 heteroatoms. The fraction of sp³-hybridized carbons (Fsp3) is 0. The molecule has 0 unspecified atom stereocenters. The van der Waals surface area contributed by atoms with Gasteiger partial charge in [0.15, 0.2) is 10.9 Å². The summed E-state index contributed by atoms with van der Waals surface area (Å²) in [5.74, 6) is -1.00. The van der Waals surface area contributed by atoms with Crippen LogP contribution in [0, 0.1) is 0 Å². The van der Waals surface area contributed by atoms with Crippen LogP contribution < -0.4 is 21.1 Å². The maximum absolute atomic E-state index is 12.0. The van der Waals surface area contributed by atoms with E-state index in [0.717, 1.165) is 17.4 Å². The third-order valence-corrected chi connectivity index (χ3v) is 5.58. The van der Waals surface area contributed by atoms with Crippen LogP contribution in [-0.4, -0.2) is 0 Å². The Hall–Kier alpha value is -4.72. The zero-order valence-corrected chi connectivity index (χ0v) is 21.1. The van der Waals surface area contributed by atoms with Gasteiger partial charge in [-0.25, -0.2) is 0 Å². The molecule has 2 heterocycles. The van der Waals surface area contributed by atoms with Gasteiger partial charge >= 0.3 is 21.0 Å². The normalized spacial score (nSPS) is 10.3. The first-order valence-electron chi connectivity index (χ1n) is 11.3. The molecule has 0 amide bonds. The summed E-state index contributed by atoms with van der Waals surface area (Å²) in [6.45, 7) is 0. The molecule has 0 spiro atoms. The van der Waals surface area contributed by atoms with Crippen LogP contribution in [0.2, 0.25) is 0 Å². The van der Waals surface area contributed by atoms with Crippen LogP contribution in [0.15, 0.2) is 128 Å². The van der Waals surface area contributed by atoms with Gasteiger partial charge < -0.3 is 19.0 Å². The Morgan fingerprint density at radius 2 is 0.789 bits per heavy atom. The summed E-state index contributed by atoms with van der Waals surface area (Å²) < 4.78 is 19.3. The van der Waals surface area contributed by atoms with Gasteiger partial charge in [-0.15, -0.1) is 0 Å². The van der Waals surface area contributed by atoms with E-state index in [-0.39, 0.29) is 11.5 Å². The summed E-state index contributed by atoms with van der Waals surface area (Å²) in [5, 5.41) is 24.6. The summed E-state index contributed by atoms with van der Waals surface area (Å²) in [4.78, 5) is 23.9. The van der Waals surface area contributed by atoms with Crippen molar-refractivity contribution in [1.29, 1.82) is 0 Å². The van der Waals surface area contributed by atoms with E-state index >= 15 is 0 Å². The molecule has 2 aromatic heterocycles. The third kappa shape index (κ3) is 5.34. The van der Waals surface area contributed by atoms with Gasteiger partial charge in [-0.3, -0.25) is 9.59 Å². The van der Waals surface area contributed by atoms with Crippen molar-refractivity contribution in [2.24, 2.45) is 0 Å². The van der Waals surface area contributed by atoms with E-state index in [1.54, 1.807) is 97.1 Å². The second-order valence-corrected chi connectivity index (χ2v) is 7.90. The number of para-hydroxylation sites is 2. The van der Waals surface area contributed by atoms with Crippen molar-refractivity contribution in [2.75, 3.05) is 0 Å². The van der Waals surface area contributed by atoms with Crippen LogP contribution >= 0.6 is 0 Å². The quantitative estimate of drug-likeness (QED) is 0.304. The first-order chi connectivity index (χ1) is 18.5. The Bertz CT molecular complexity index is 1680. The zero-order valence-electron chi connectivity index (χ0n) is 19.7. The van der Waals surface area contributed by atoms with E-state index in [0.29, 0.717) is 33.1 Å². The van der Waals surface area contributed by atoms with Crippen LogP contribution in [0.4, 0.5) is 0 Å². The molecule has 0 aliphatic heterocycles. The minimum absolute atomic E-state index is 0.0966. The van der Waals surface area contributed by atoms with Crippen LogP contribution in [0.1, 0.15) is 0 Å². The molecular weight excluding hydrogens is 523 g/mol. The Morgan fingerprint density at radius 3 is 1.16 bits per heavy atom. The summed E-state index contributed by atoms with van der Waals surface area (Å²) >= 11 is 1.06. The molecule has 0 radical (unpaired) electrons. The fourth-order valence-corrected chi connectivity index (χ4v) is 3.81. The van der Waals surface area contributed by atoms with E-state index in [9.17, 15) is 19.8 Å². The van der Waals surface area contributed by atoms with Gasteiger partial charge in [-0.05, 0) is 35.8 Å². The predicted octanol–water partition coefficient (Wildman–Crippen LogP) is 4.95. The summed E-state index contributed by atoms with van der Waals surface area (Å²) in [5.41, 5.74) is 1.06. The Labute approximate surface area is 225 Å². The van der Waals surface area contributed by atoms with Gasteiger partial charge in [-0.1, -0.05) is 84.9 Å². The number of rotatable bonds is 2. The fourth-order valence-electron chi connectivity index (χ4n) is 3.81. The van der Waals surface area contributed by atoms with Crippen molar-refractivity contribution in [3.05, 3.63) is 130 Å². The van der Waals surface area contributed by atoms with Crippen molar-refractivity contribution < 1.29 is 40.1 Å². The first-order valence-corrected chi connectivity index (χ1v) is 11.9. The molecule has 0 bridgehead atoms. The van der Waals surface area contributed by atoms with Crippen molar-refractivity contribution in [3.8, 4) is 34.1 Å². The summed E-state index contributed by atoms with van der Waals surface area (Å²) in [6, 6.07) is 31.4. The van der Waals surface area contributed by atoms with Crippen LogP contribution in [0.5, 0.6) is 11.5 Å². The predicted molar refractivity (Wildman–Crippen MR) is 135 cm³/mol. The number of benzene rings is 4. The molecule has 4 aromatic carbocycles.